The van der Waals surface area contributed by atoms with Crippen molar-refractivity contribution in [2.75, 3.05) is 84.4 Å². The van der Waals surface area contributed by atoms with Gasteiger partial charge in [-0.3, -0.25) is 34.0 Å². The second kappa shape index (κ2) is 20.0. The number of thiocarbonyl (C=S) groups is 1. The van der Waals surface area contributed by atoms with Gasteiger partial charge >= 0.3 is 17.9 Å². The zero-order valence-corrected chi connectivity index (χ0v) is 25.5. The van der Waals surface area contributed by atoms with Crippen molar-refractivity contribution in [1.29, 1.82) is 0 Å². The summed E-state index contributed by atoms with van der Waals surface area (Å²) in [6.07, 6.45) is 1.29. The number of nitrogens with one attached hydrogen (secondary N) is 1. The molecule has 0 aromatic heterocycles. The number of carbonyl (C=O) groups excluding carboxylic acids is 1. The van der Waals surface area contributed by atoms with E-state index in [2.05, 4.69) is 5.32 Å². The van der Waals surface area contributed by atoms with Gasteiger partial charge in [0.25, 0.3) is 0 Å². The normalized spacial score (nSPS) is 18.2. The van der Waals surface area contributed by atoms with E-state index >= 15 is 0 Å². The number of aliphatic hydroxyl groups is 1. The quantitative estimate of drug-likeness (QED) is 0.161. The van der Waals surface area contributed by atoms with Crippen LogP contribution in [0.15, 0.2) is 24.3 Å². The Morgan fingerprint density at radius 3 is 1.79 bits per heavy atom. The first-order chi connectivity index (χ1) is 20.0. The number of carboxylic acids is 3. The molecule has 13 nitrogen and oxygen atoms in total. The first-order valence-electron chi connectivity index (χ1n) is 13.8. The highest BCUT2D eigenvalue weighted by molar-refractivity contribution is 7.80. The van der Waals surface area contributed by atoms with Crippen LogP contribution in [-0.4, -0.2) is 154 Å². The van der Waals surface area contributed by atoms with Gasteiger partial charge in [0, 0.05) is 70.6 Å². The number of aldehydes is 1. The fraction of sp³-hybridized carbons (Fsp3) is 0.607. The Labute approximate surface area is 252 Å². The summed E-state index contributed by atoms with van der Waals surface area (Å²) in [6, 6.07) is 7.45. The van der Waals surface area contributed by atoms with Gasteiger partial charge in [-0.25, -0.2) is 0 Å². The van der Waals surface area contributed by atoms with Gasteiger partial charge in [-0.05, 0) is 24.1 Å². The van der Waals surface area contributed by atoms with Crippen molar-refractivity contribution >= 4 is 47.1 Å². The smallest absolute Gasteiger partial charge is 0.317 e. The molecule has 1 saturated heterocycles. The number of hydrogen-bond donors (Lipinski definition) is 5. The lowest BCUT2D eigenvalue weighted by atomic mass is 10.0. The third-order valence-corrected chi connectivity index (χ3v) is 7.33. The monoisotopic (exact) mass is 611 g/mol. The van der Waals surface area contributed by atoms with Crippen LogP contribution in [0.3, 0.4) is 0 Å². The second-order valence-electron chi connectivity index (χ2n) is 10.3. The molecule has 42 heavy (non-hydrogen) atoms. The van der Waals surface area contributed by atoms with Crippen LogP contribution in [0.1, 0.15) is 19.4 Å². The average Bonchev–Trinajstić information content (AvgIpc) is 2.92. The van der Waals surface area contributed by atoms with Gasteiger partial charge in [0.05, 0.1) is 31.2 Å². The molecule has 0 saturated carbocycles. The molecule has 14 heteroatoms. The lowest BCUT2D eigenvalue weighted by Crippen LogP contribution is -2.53. The van der Waals surface area contributed by atoms with Crippen LogP contribution in [-0.2, 0) is 25.6 Å². The highest BCUT2D eigenvalue weighted by Gasteiger charge is 2.26. The minimum absolute atomic E-state index is 0.124. The largest absolute Gasteiger partial charge is 0.480 e. The van der Waals surface area contributed by atoms with Gasteiger partial charge in [-0.15, -0.1) is 0 Å². The lowest BCUT2D eigenvalue weighted by Gasteiger charge is -2.37. The second-order valence-corrected chi connectivity index (χ2v) is 10.8. The molecule has 0 amide bonds. The SMILES string of the molecule is CC(C)C(=S)Nc1ccc(CC2CN(CC=O)CCN(CC(=O)O)CCN(CC(=O)O)CCN2CC(=O)O)cc1.CO. The van der Waals surface area contributed by atoms with E-state index in [1.54, 1.807) is 9.80 Å². The lowest BCUT2D eigenvalue weighted by molar-refractivity contribution is -0.141. The van der Waals surface area contributed by atoms with Crippen LogP contribution < -0.4 is 5.32 Å². The van der Waals surface area contributed by atoms with Crippen molar-refractivity contribution < 1.29 is 39.6 Å². The fourth-order valence-electron chi connectivity index (χ4n) is 4.57. The van der Waals surface area contributed by atoms with E-state index in [9.17, 15) is 34.5 Å². The number of hydrogen-bond acceptors (Lipinski definition) is 10. The van der Waals surface area contributed by atoms with E-state index in [-0.39, 0.29) is 38.1 Å². The van der Waals surface area contributed by atoms with Crippen molar-refractivity contribution in [1.82, 2.24) is 19.6 Å². The minimum Gasteiger partial charge on any atom is -0.480 e. The summed E-state index contributed by atoms with van der Waals surface area (Å²) in [6.45, 7) is 5.82. The maximum atomic E-state index is 11.9. The van der Waals surface area contributed by atoms with Gasteiger partial charge in [0.15, 0.2) is 0 Å². The number of nitrogens with zero attached hydrogens (tertiary/aromatic N) is 4. The number of aliphatic carboxylic acids is 3. The molecule has 1 aromatic rings. The number of rotatable bonds is 12. The average molecular weight is 612 g/mol. The predicted octanol–water partition coefficient (Wildman–Crippen LogP) is 0.276. The summed E-state index contributed by atoms with van der Waals surface area (Å²) in [4.78, 5) is 54.2. The Hall–Kier alpha value is -3.01. The molecule has 1 atom stereocenters. The van der Waals surface area contributed by atoms with Crippen LogP contribution in [0.25, 0.3) is 0 Å². The molecule has 1 unspecified atom stereocenters. The van der Waals surface area contributed by atoms with Crippen molar-refractivity contribution in [2.24, 2.45) is 5.92 Å². The molecule has 0 spiro atoms. The van der Waals surface area contributed by atoms with Crippen molar-refractivity contribution in [3.8, 4) is 0 Å². The highest BCUT2D eigenvalue weighted by Crippen LogP contribution is 2.16. The predicted molar refractivity (Wildman–Crippen MR) is 163 cm³/mol. The Kier molecular flexibility index (Phi) is 17.6. The molecule has 0 radical (unpaired) electrons. The molecule has 1 aromatic carbocycles. The van der Waals surface area contributed by atoms with E-state index < -0.39 is 17.9 Å². The van der Waals surface area contributed by atoms with Crippen LogP contribution >= 0.6 is 12.2 Å². The first-order valence-corrected chi connectivity index (χ1v) is 14.2. The Morgan fingerprint density at radius 1 is 0.857 bits per heavy atom. The number of benzene rings is 1. The molecule has 236 valence electrons. The van der Waals surface area contributed by atoms with Crippen molar-refractivity contribution in [2.45, 2.75) is 26.3 Å². The minimum atomic E-state index is -1.01. The van der Waals surface area contributed by atoms with Gasteiger partial charge in [-0.1, -0.05) is 38.2 Å². The number of aliphatic hydroxyl groups excluding tert-OH is 1. The molecular formula is C28H45N5O8S. The summed E-state index contributed by atoms with van der Waals surface area (Å²) in [7, 11) is 1.00. The zero-order valence-electron chi connectivity index (χ0n) is 24.6. The molecule has 1 fully saturated rings. The molecule has 5 N–H and O–H groups in total. The van der Waals surface area contributed by atoms with Gasteiger partial charge in [0.2, 0.25) is 0 Å². The molecular weight excluding hydrogens is 566 g/mol. The molecule has 0 aliphatic carbocycles. The number of anilines is 1. The standard InChI is InChI=1S/C27H41N5O7S.CH4O/c1-20(2)27(40)28-22-5-3-21(4-6-22)15-23-16-31(13-14-33)10-9-29(17-24(34)35)7-8-30(18-25(36)37)11-12-32(23)19-26(38)39;1-2/h3-6,14,20,23H,7-13,15-19H2,1-2H3,(H,28,40)(H,34,35)(H,36,37)(H,38,39);2H,1H3. The third-order valence-electron chi connectivity index (χ3n) is 6.76. The summed E-state index contributed by atoms with van der Waals surface area (Å²) < 4.78 is 0. The van der Waals surface area contributed by atoms with Crippen LogP contribution in [0.5, 0.6) is 0 Å². The van der Waals surface area contributed by atoms with Crippen molar-refractivity contribution in [3.05, 3.63) is 29.8 Å². The van der Waals surface area contributed by atoms with Crippen LogP contribution in [0.2, 0.25) is 0 Å². The van der Waals surface area contributed by atoms with Gasteiger partial charge in [-0.2, -0.15) is 0 Å². The Bertz CT molecular complexity index is 1010. The van der Waals surface area contributed by atoms with Crippen LogP contribution in [0.4, 0.5) is 5.69 Å². The van der Waals surface area contributed by atoms with E-state index in [1.807, 2.05) is 47.9 Å². The highest BCUT2D eigenvalue weighted by atomic mass is 32.1. The Morgan fingerprint density at radius 2 is 1.33 bits per heavy atom. The summed E-state index contributed by atoms with van der Waals surface area (Å²) in [5, 5.41) is 38.7. The number of carbonyl (C=O) groups is 4. The molecule has 1 aliphatic rings. The fourth-order valence-corrected chi connectivity index (χ4v) is 4.69. The van der Waals surface area contributed by atoms with Gasteiger partial charge < -0.3 is 30.5 Å². The number of carboxylic acid groups (broad SMARTS) is 3. The zero-order chi connectivity index (χ0) is 31.7. The maximum absolute atomic E-state index is 11.9. The van der Waals surface area contributed by atoms with E-state index in [1.165, 1.54) is 0 Å². The third kappa shape index (κ3) is 14.8. The summed E-state index contributed by atoms with van der Waals surface area (Å²) >= 11 is 5.37. The molecule has 1 heterocycles. The topological polar surface area (TPSA) is 174 Å². The first kappa shape index (κ1) is 37.0. The van der Waals surface area contributed by atoms with Crippen LogP contribution in [0, 0.1) is 5.92 Å². The van der Waals surface area contributed by atoms with Gasteiger partial charge in [0.1, 0.15) is 6.29 Å². The van der Waals surface area contributed by atoms with E-state index in [0.717, 1.165) is 29.6 Å². The maximum Gasteiger partial charge on any atom is 0.317 e. The summed E-state index contributed by atoms with van der Waals surface area (Å²) in [5.41, 5.74) is 1.82. The molecule has 0 bridgehead atoms. The van der Waals surface area contributed by atoms with Crippen molar-refractivity contribution in [3.63, 3.8) is 0 Å². The Balaban J connectivity index is 0.00000431. The van der Waals surface area contributed by atoms with E-state index in [0.29, 0.717) is 52.2 Å². The molecule has 1 aliphatic heterocycles. The molecule has 2 rings (SSSR count). The van der Waals surface area contributed by atoms with E-state index in [4.69, 9.17) is 17.3 Å². The summed E-state index contributed by atoms with van der Waals surface area (Å²) in [5.74, 6) is -2.80.